The van der Waals surface area contributed by atoms with Crippen molar-refractivity contribution >= 4 is 5.69 Å². The lowest BCUT2D eigenvalue weighted by Crippen LogP contribution is -2.03. The molecular weight excluding hydrogens is 318 g/mol. The molecule has 3 aromatic rings. The van der Waals surface area contributed by atoms with Gasteiger partial charge in [0, 0.05) is 17.7 Å². The highest BCUT2D eigenvalue weighted by atomic mass is 19.2. The molecule has 0 aliphatic rings. The van der Waals surface area contributed by atoms with Crippen LogP contribution in [0.4, 0.5) is 14.5 Å². The topological polar surface area (TPSA) is 84.8 Å². The number of nitrogens with zero attached hydrogens (tertiary/aromatic N) is 4. The van der Waals surface area contributed by atoms with E-state index in [4.69, 9.17) is 5.26 Å². The van der Waals surface area contributed by atoms with Crippen LogP contribution in [0.15, 0.2) is 48.5 Å². The SMILES string of the molecule is N#Cc1cc(-c2ccc(F)c(F)c2)n(-c2ccccc2[N+](=O)[O-])n1. The summed E-state index contributed by atoms with van der Waals surface area (Å²) in [6, 6.07) is 12.2. The van der Waals surface area contributed by atoms with Crippen molar-refractivity contribution in [2.24, 2.45) is 0 Å². The predicted octanol–water partition coefficient (Wildman–Crippen LogP) is 3.60. The summed E-state index contributed by atoms with van der Waals surface area (Å²) in [4.78, 5) is 10.6. The Kier molecular flexibility index (Phi) is 3.75. The highest BCUT2D eigenvalue weighted by molar-refractivity contribution is 5.66. The zero-order chi connectivity index (χ0) is 17.3. The Balaban J connectivity index is 2.27. The minimum absolute atomic E-state index is 0.00659. The van der Waals surface area contributed by atoms with Gasteiger partial charge in [0.2, 0.25) is 0 Å². The first-order valence-electron chi connectivity index (χ1n) is 6.70. The molecule has 1 heterocycles. The van der Waals surface area contributed by atoms with E-state index in [9.17, 15) is 18.9 Å². The number of hydrogen-bond acceptors (Lipinski definition) is 4. The summed E-state index contributed by atoms with van der Waals surface area (Å²) in [7, 11) is 0. The van der Waals surface area contributed by atoms with Crippen LogP contribution in [0.5, 0.6) is 0 Å². The second-order valence-corrected chi connectivity index (χ2v) is 4.81. The van der Waals surface area contributed by atoms with Gasteiger partial charge < -0.3 is 0 Å². The lowest BCUT2D eigenvalue weighted by molar-refractivity contribution is -0.384. The van der Waals surface area contributed by atoms with E-state index in [-0.39, 0.29) is 28.3 Å². The van der Waals surface area contributed by atoms with E-state index in [1.807, 2.05) is 6.07 Å². The van der Waals surface area contributed by atoms with Crippen LogP contribution in [-0.4, -0.2) is 14.7 Å². The average molecular weight is 326 g/mol. The minimum Gasteiger partial charge on any atom is -0.258 e. The molecule has 118 valence electrons. The molecule has 3 rings (SSSR count). The summed E-state index contributed by atoms with van der Waals surface area (Å²) in [6.07, 6.45) is 0. The molecule has 0 radical (unpaired) electrons. The quantitative estimate of drug-likeness (QED) is 0.544. The molecule has 0 atom stereocenters. The second kappa shape index (κ2) is 5.89. The molecule has 0 saturated carbocycles. The fourth-order valence-corrected chi connectivity index (χ4v) is 2.28. The highest BCUT2D eigenvalue weighted by Crippen LogP contribution is 2.29. The molecule has 0 unspecified atom stereocenters. The standard InChI is InChI=1S/C16H8F2N4O2/c17-12-6-5-10(7-13(12)18)16-8-11(9-19)20-21(16)14-3-1-2-4-15(14)22(23)24/h1-8H. The molecular formula is C16H8F2N4O2. The lowest BCUT2D eigenvalue weighted by atomic mass is 10.1. The number of rotatable bonds is 3. The van der Waals surface area contributed by atoms with Gasteiger partial charge in [0.1, 0.15) is 11.8 Å². The second-order valence-electron chi connectivity index (χ2n) is 4.81. The van der Waals surface area contributed by atoms with Crippen LogP contribution in [0.25, 0.3) is 16.9 Å². The van der Waals surface area contributed by atoms with E-state index < -0.39 is 16.6 Å². The Bertz CT molecular complexity index is 992. The first kappa shape index (κ1) is 15.3. The number of para-hydroxylation sites is 2. The molecule has 0 N–H and O–H groups in total. The van der Waals surface area contributed by atoms with Crippen LogP contribution in [-0.2, 0) is 0 Å². The van der Waals surface area contributed by atoms with Crippen LogP contribution < -0.4 is 0 Å². The van der Waals surface area contributed by atoms with E-state index in [0.717, 1.165) is 12.1 Å². The van der Waals surface area contributed by atoms with Crippen molar-refractivity contribution in [2.45, 2.75) is 0 Å². The first-order valence-corrected chi connectivity index (χ1v) is 6.70. The maximum atomic E-state index is 13.5. The van der Waals surface area contributed by atoms with Crippen molar-refractivity contribution < 1.29 is 13.7 Å². The smallest absolute Gasteiger partial charge is 0.258 e. The molecule has 0 aliphatic heterocycles. The van der Waals surface area contributed by atoms with Gasteiger partial charge in [-0.05, 0) is 24.3 Å². The van der Waals surface area contributed by atoms with E-state index >= 15 is 0 Å². The predicted molar refractivity (Wildman–Crippen MR) is 80.3 cm³/mol. The van der Waals surface area contributed by atoms with Crippen molar-refractivity contribution in [3.63, 3.8) is 0 Å². The first-order chi connectivity index (χ1) is 11.5. The summed E-state index contributed by atoms with van der Waals surface area (Å²) < 4.78 is 27.8. The molecule has 8 heteroatoms. The van der Waals surface area contributed by atoms with E-state index in [2.05, 4.69) is 5.10 Å². The third-order valence-electron chi connectivity index (χ3n) is 3.35. The van der Waals surface area contributed by atoms with Gasteiger partial charge in [-0.15, -0.1) is 0 Å². The molecule has 0 saturated heterocycles. The molecule has 0 spiro atoms. The van der Waals surface area contributed by atoms with Crippen LogP contribution in [0, 0.1) is 33.1 Å². The van der Waals surface area contributed by atoms with E-state index in [1.165, 1.54) is 35.0 Å². The molecule has 1 aromatic heterocycles. The van der Waals surface area contributed by atoms with E-state index in [0.29, 0.717) is 0 Å². The molecule has 24 heavy (non-hydrogen) atoms. The largest absolute Gasteiger partial charge is 0.294 e. The van der Waals surface area contributed by atoms with Crippen molar-refractivity contribution in [1.82, 2.24) is 9.78 Å². The van der Waals surface area contributed by atoms with Gasteiger partial charge in [-0.25, -0.2) is 13.5 Å². The van der Waals surface area contributed by atoms with Gasteiger partial charge in [0.25, 0.3) is 5.69 Å². The van der Waals surface area contributed by atoms with Gasteiger partial charge >= 0.3 is 0 Å². The maximum Gasteiger partial charge on any atom is 0.294 e. The lowest BCUT2D eigenvalue weighted by Gasteiger charge is -2.08. The molecule has 0 amide bonds. The van der Waals surface area contributed by atoms with Crippen LogP contribution in [0.2, 0.25) is 0 Å². The van der Waals surface area contributed by atoms with Crippen molar-refractivity contribution in [3.8, 4) is 23.0 Å². The van der Waals surface area contributed by atoms with Gasteiger partial charge in [-0.2, -0.15) is 10.4 Å². The van der Waals surface area contributed by atoms with Crippen LogP contribution in [0.1, 0.15) is 5.69 Å². The zero-order valence-electron chi connectivity index (χ0n) is 12.0. The third kappa shape index (κ3) is 2.59. The Morgan fingerprint density at radius 3 is 2.54 bits per heavy atom. The van der Waals surface area contributed by atoms with Crippen molar-refractivity contribution in [1.29, 1.82) is 5.26 Å². The summed E-state index contributed by atoms with van der Waals surface area (Å²) >= 11 is 0. The Morgan fingerprint density at radius 1 is 1.12 bits per heavy atom. The molecule has 0 fully saturated rings. The van der Waals surface area contributed by atoms with Crippen LogP contribution in [0.3, 0.4) is 0 Å². The van der Waals surface area contributed by atoms with E-state index in [1.54, 1.807) is 6.07 Å². The number of nitriles is 1. The monoisotopic (exact) mass is 326 g/mol. The highest BCUT2D eigenvalue weighted by Gasteiger charge is 2.20. The Labute approximate surface area is 134 Å². The zero-order valence-corrected chi connectivity index (χ0v) is 12.0. The number of nitro benzene ring substituents is 1. The number of benzene rings is 2. The number of hydrogen-bond donors (Lipinski definition) is 0. The van der Waals surface area contributed by atoms with Gasteiger partial charge in [-0.3, -0.25) is 10.1 Å². The Hall–Kier alpha value is -3.60. The molecule has 6 nitrogen and oxygen atoms in total. The number of aromatic nitrogens is 2. The number of halogens is 2. The summed E-state index contributed by atoms with van der Waals surface area (Å²) in [5.74, 6) is -2.09. The van der Waals surface area contributed by atoms with Crippen molar-refractivity contribution in [3.05, 3.63) is 76.0 Å². The molecule has 2 aromatic carbocycles. The fourth-order valence-electron chi connectivity index (χ4n) is 2.28. The summed E-state index contributed by atoms with van der Waals surface area (Å²) in [5, 5.41) is 24.3. The molecule has 0 aliphatic carbocycles. The average Bonchev–Trinajstić information content (AvgIpc) is 3.01. The minimum atomic E-state index is -1.07. The Morgan fingerprint density at radius 2 is 1.88 bits per heavy atom. The van der Waals surface area contributed by atoms with Gasteiger partial charge in [0.05, 0.1) is 10.6 Å². The summed E-state index contributed by atoms with van der Waals surface area (Å²) in [6.45, 7) is 0. The maximum absolute atomic E-state index is 13.5. The number of nitro groups is 1. The molecule has 0 bridgehead atoms. The summed E-state index contributed by atoms with van der Waals surface area (Å²) in [5.41, 5.74) is 0.353. The van der Waals surface area contributed by atoms with Gasteiger partial charge in [0.15, 0.2) is 17.3 Å². The normalized spacial score (nSPS) is 10.4. The van der Waals surface area contributed by atoms with Crippen LogP contribution >= 0.6 is 0 Å². The van der Waals surface area contributed by atoms with Gasteiger partial charge in [-0.1, -0.05) is 12.1 Å². The fraction of sp³-hybridized carbons (Fsp3) is 0. The van der Waals surface area contributed by atoms with Crippen molar-refractivity contribution in [2.75, 3.05) is 0 Å². The third-order valence-corrected chi connectivity index (χ3v) is 3.35.